The van der Waals surface area contributed by atoms with Crippen LogP contribution in [0.25, 0.3) is 0 Å². The number of carboxylic acid groups (broad SMARTS) is 1. The summed E-state index contributed by atoms with van der Waals surface area (Å²) in [6.45, 7) is 5.29. The number of carboxylic acids is 1. The average molecular weight is 285 g/mol. The monoisotopic (exact) mass is 285 g/mol. The number of aliphatic carboxylic acids is 1. The first-order valence-electron chi connectivity index (χ1n) is 6.06. The van der Waals surface area contributed by atoms with Crippen LogP contribution in [0.1, 0.15) is 17.8 Å². The highest BCUT2D eigenvalue weighted by Gasteiger charge is 2.04. The summed E-state index contributed by atoms with van der Waals surface area (Å²) in [6, 6.07) is 2.02. The third-order valence-electron chi connectivity index (χ3n) is 2.43. The molecular weight excluding hydrogens is 266 g/mol. The highest BCUT2D eigenvalue weighted by Crippen LogP contribution is 2.02. The van der Waals surface area contributed by atoms with E-state index in [1.807, 2.05) is 24.6 Å². The van der Waals surface area contributed by atoms with E-state index in [0.717, 1.165) is 36.1 Å². The minimum absolute atomic E-state index is 0.0425. The summed E-state index contributed by atoms with van der Waals surface area (Å²) in [5, 5.41) is 15.5. The molecule has 0 saturated carbocycles. The van der Waals surface area contributed by atoms with Gasteiger partial charge in [-0.15, -0.1) is 11.8 Å². The highest BCUT2D eigenvalue weighted by atomic mass is 32.2. The molecule has 0 radical (unpaired) electrons. The number of thioether (sulfide) groups is 1. The predicted octanol–water partition coefficient (Wildman–Crippen LogP) is 0.824. The van der Waals surface area contributed by atoms with E-state index in [0.29, 0.717) is 6.54 Å². The number of nitrogens with zero attached hydrogens (tertiary/aromatic N) is 2. The molecule has 1 rings (SSSR count). The fraction of sp³-hybridized carbons (Fsp3) is 0.583. The molecule has 19 heavy (non-hydrogen) atoms. The molecule has 106 valence electrons. The average Bonchev–Trinajstić information content (AvgIpc) is 2.63. The van der Waals surface area contributed by atoms with Crippen LogP contribution in [0.5, 0.6) is 0 Å². The molecule has 0 unspecified atom stereocenters. The van der Waals surface area contributed by atoms with E-state index in [1.54, 1.807) is 0 Å². The molecule has 1 amide bonds. The molecule has 1 aromatic heterocycles. The van der Waals surface area contributed by atoms with Crippen LogP contribution < -0.4 is 5.32 Å². The lowest BCUT2D eigenvalue weighted by Gasteiger charge is -2.06. The van der Waals surface area contributed by atoms with Crippen molar-refractivity contribution < 1.29 is 14.7 Å². The Balaban J connectivity index is 2.12. The maximum absolute atomic E-state index is 11.4. The van der Waals surface area contributed by atoms with Crippen LogP contribution in [0.15, 0.2) is 6.07 Å². The maximum atomic E-state index is 11.4. The van der Waals surface area contributed by atoms with E-state index in [1.165, 1.54) is 0 Å². The summed E-state index contributed by atoms with van der Waals surface area (Å²) in [5.41, 5.74) is 2.10. The lowest BCUT2D eigenvalue weighted by atomic mass is 10.4. The Bertz CT molecular complexity index is 445. The van der Waals surface area contributed by atoms with Crippen LogP contribution in [-0.2, 0) is 16.1 Å². The zero-order chi connectivity index (χ0) is 14.3. The third kappa shape index (κ3) is 6.28. The molecule has 0 spiro atoms. The van der Waals surface area contributed by atoms with Crippen molar-refractivity contribution in [1.29, 1.82) is 0 Å². The molecule has 0 aliphatic rings. The van der Waals surface area contributed by atoms with E-state index >= 15 is 0 Å². The smallest absolute Gasteiger partial charge is 0.313 e. The Hall–Kier alpha value is -1.50. The van der Waals surface area contributed by atoms with Crippen LogP contribution in [0.3, 0.4) is 0 Å². The number of rotatable bonds is 8. The SMILES string of the molecule is Cc1cc(C)n(CCCNC(=O)CSCC(=O)O)n1. The predicted molar refractivity (Wildman–Crippen MR) is 74.3 cm³/mol. The van der Waals surface area contributed by atoms with Crippen LogP contribution >= 0.6 is 11.8 Å². The summed E-state index contributed by atoms with van der Waals surface area (Å²) < 4.78 is 1.92. The highest BCUT2D eigenvalue weighted by molar-refractivity contribution is 8.00. The lowest BCUT2D eigenvalue weighted by Crippen LogP contribution is -2.27. The molecular formula is C12H19N3O3S. The quantitative estimate of drug-likeness (QED) is 0.691. The fourth-order valence-corrected chi connectivity index (χ4v) is 2.20. The molecule has 0 atom stereocenters. The van der Waals surface area contributed by atoms with Crippen molar-refractivity contribution in [2.24, 2.45) is 0 Å². The number of nitrogens with one attached hydrogen (secondary N) is 1. The van der Waals surface area contributed by atoms with Gasteiger partial charge in [0, 0.05) is 18.8 Å². The van der Waals surface area contributed by atoms with Crippen molar-refractivity contribution in [3.05, 3.63) is 17.5 Å². The Morgan fingerprint density at radius 2 is 2.16 bits per heavy atom. The van der Waals surface area contributed by atoms with Gasteiger partial charge in [0.05, 0.1) is 17.2 Å². The molecule has 1 heterocycles. The van der Waals surface area contributed by atoms with Gasteiger partial charge in [0.1, 0.15) is 0 Å². The van der Waals surface area contributed by atoms with Crippen molar-refractivity contribution >= 4 is 23.6 Å². The summed E-state index contributed by atoms with van der Waals surface area (Å²) in [7, 11) is 0. The summed E-state index contributed by atoms with van der Waals surface area (Å²) >= 11 is 1.10. The molecule has 6 nitrogen and oxygen atoms in total. The van der Waals surface area contributed by atoms with Crippen LogP contribution in [0.2, 0.25) is 0 Å². The molecule has 0 aliphatic carbocycles. The molecule has 1 aromatic rings. The number of amides is 1. The first-order valence-corrected chi connectivity index (χ1v) is 7.22. The summed E-state index contributed by atoms with van der Waals surface area (Å²) in [5.74, 6) is -0.882. The van der Waals surface area contributed by atoms with Gasteiger partial charge in [0.2, 0.25) is 5.91 Å². The fourth-order valence-electron chi connectivity index (χ4n) is 1.64. The van der Waals surface area contributed by atoms with Crippen LogP contribution in [-0.4, -0.2) is 44.8 Å². The number of aromatic nitrogens is 2. The Kier molecular flexibility index (Phi) is 6.41. The summed E-state index contributed by atoms with van der Waals surface area (Å²) in [4.78, 5) is 21.6. The van der Waals surface area contributed by atoms with E-state index in [9.17, 15) is 9.59 Å². The second kappa shape index (κ2) is 7.83. The van der Waals surface area contributed by atoms with Gasteiger partial charge in [-0.25, -0.2) is 0 Å². The van der Waals surface area contributed by atoms with E-state index in [2.05, 4.69) is 10.4 Å². The third-order valence-corrected chi connectivity index (χ3v) is 3.35. The van der Waals surface area contributed by atoms with Crippen LogP contribution in [0.4, 0.5) is 0 Å². The van der Waals surface area contributed by atoms with Crippen molar-refractivity contribution in [3.63, 3.8) is 0 Å². The number of hydrogen-bond acceptors (Lipinski definition) is 4. The Morgan fingerprint density at radius 3 is 2.74 bits per heavy atom. The van der Waals surface area contributed by atoms with Gasteiger partial charge in [-0.1, -0.05) is 0 Å². The maximum Gasteiger partial charge on any atom is 0.313 e. The zero-order valence-electron chi connectivity index (χ0n) is 11.2. The molecule has 0 aromatic carbocycles. The van der Waals surface area contributed by atoms with Crippen molar-refractivity contribution in [2.75, 3.05) is 18.1 Å². The minimum atomic E-state index is -0.901. The molecule has 0 bridgehead atoms. The standard InChI is InChI=1S/C12H19N3O3S/c1-9-6-10(2)15(14-9)5-3-4-13-11(16)7-19-8-12(17)18/h6H,3-5,7-8H2,1-2H3,(H,13,16)(H,17,18). The zero-order valence-corrected chi connectivity index (χ0v) is 12.0. The van der Waals surface area contributed by atoms with Gasteiger partial charge < -0.3 is 10.4 Å². The van der Waals surface area contributed by atoms with Gasteiger partial charge in [-0.3, -0.25) is 14.3 Å². The van der Waals surface area contributed by atoms with Gasteiger partial charge in [-0.2, -0.15) is 5.10 Å². The number of hydrogen-bond donors (Lipinski definition) is 2. The number of aryl methyl sites for hydroxylation is 3. The van der Waals surface area contributed by atoms with E-state index < -0.39 is 5.97 Å². The summed E-state index contributed by atoms with van der Waals surface area (Å²) in [6.07, 6.45) is 0.803. The normalized spacial score (nSPS) is 10.4. The second-order valence-electron chi connectivity index (χ2n) is 4.24. The Morgan fingerprint density at radius 1 is 1.42 bits per heavy atom. The lowest BCUT2D eigenvalue weighted by molar-refractivity contribution is -0.133. The largest absolute Gasteiger partial charge is 0.481 e. The molecule has 2 N–H and O–H groups in total. The molecule has 7 heteroatoms. The van der Waals surface area contributed by atoms with E-state index in [-0.39, 0.29) is 17.4 Å². The number of carbonyl (C=O) groups is 2. The van der Waals surface area contributed by atoms with Crippen molar-refractivity contribution in [1.82, 2.24) is 15.1 Å². The molecule has 0 aliphatic heterocycles. The second-order valence-corrected chi connectivity index (χ2v) is 5.23. The van der Waals surface area contributed by atoms with Crippen LogP contribution in [0, 0.1) is 13.8 Å². The van der Waals surface area contributed by atoms with E-state index in [4.69, 9.17) is 5.11 Å². The first-order chi connectivity index (χ1) is 8.99. The van der Waals surface area contributed by atoms with Crippen molar-refractivity contribution in [2.45, 2.75) is 26.8 Å². The molecule has 0 saturated heterocycles. The van der Waals surface area contributed by atoms with Crippen molar-refractivity contribution in [3.8, 4) is 0 Å². The topological polar surface area (TPSA) is 84.2 Å². The minimum Gasteiger partial charge on any atom is -0.481 e. The Labute approximate surface area is 116 Å². The van der Waals surface area contributed by atoms with Gasteiger partial charge >= 0.3 is 5.97 Å². The molecule has 0 fully saturated rings. The first kappa shape index (κ1) is 15.6. The van der Waals surface area contributed by atoms with Gasteiger partial charge in [0.15, 0.2) is 0 Å². The van der Waals surface area contributed by atoms with Gasteiger partial charge in [-0.05, 0) is 26.3 Å². The number of carbonyl (C=O) groups excluding carboxylic acids is 1. The van der Waals surface area contributed by atoms with Gasteiger partial charge in [0.25, 0.3) is 0 Å².